The smallest absolute Gasteiger partial charge is 0.0865 e. The monoisotopic (exact) mass is 222 g/mol. The fourth-order valence-electron chi connectivity index (χ4n) is 1.33. The highest BCUT2D eigenvalue weighted by molar-refractivity contribution is 7.27. The van der Waals surface area contributed by atoms with Gasteiger partial charge < -0.3 is 12.4 Å². The van der Waals surface area contributed by atoms with Gasteiger partial charge in [0.2, 0.25) is 0 Å². The van der Waals surface area contributed by atoms with Crippen molar-refractivity contribution < 1.29 is 12.4 Å². The van der Waals surface area contributed by atoms with Gasteiger partial charge in [-0.15, -0.1) is 0 Å². The Balaban J connectivity index is 0.000000980. The highest BCUT2D eigenvalue weighted by Gasteiger charge is 1.95. The Labute approximate surface area is 93.0 Å². The standard InChI is InChI=1S/C12H11P.ClH/c13-12-8-6-11(7-9-12)10-4-2-1-3-5-10;/h1-9H,13H2;1H. The minimum atomic E-state index is 0. The van der Waals surface area contributed by atoms with Crippen LogP contribution in [0.1, 0.15) is 0 Å². The van der Waals surface area contributed by atoms with Crippen molar-refractivity contribution in [3.8, 4) is 11.1 Å². The predicted molar refractivity (Wildman–Crippen MR) is 62.6 cm³/mol. The lowest BCUT2D eigenvalue weighted by Gasteiger charge is -1.99. The van der Waals surface area contributed by atoms with Gasteiger partial charge in [-0.2, -0.15) is 0 Å². The lowest BCUT2D eigenvalue weighted by Crippen LogP contribution is -3.00. The van der Waals surface area contributed by atoms with E-state index in [0.717, 1.165) is 0 Å². The zero-order valence-electron chi connectivity index (χ0n) is 7.78. The van der Waals surface area contributed by atoms with Crippen LogP contribution >= 0.6 is 9.24 Å². The first-order valence-corrected chi connectivity index (χ1v) is 5.04. The normalized spacial score (nSPS) is 9.43. The summed E-state index contributed by atoms with van der Waals surface area (Å²) in [5, 5.41) is 1.33. The molecular formula is C12H12ClP. The Bertz CT molecular complexity index is 381. The van der Waals surface area contributed by atoms with E-state index in [1.54, 1.807) is 0 Å². The van der Waals surface area contributed by atoms with E-state index in [0.29, 0.717) is 0 Å². The molecule has 2 aromatic rings. The van der Waals surface area contributed by atoms with Crippen molar-refractivity contribution in [2.45, 2.75) is 0 Å². The lowest BCUT2D eigenvalue weighted by atomic mass is 10.1. The van der Waals surface area contributed by atoms with E-state index in [1.807, 2.05) is 15.3 Å². The molecule has 0 aliphatic carbocycles. The van der Waals surface area contributed by atoms with Gasteiger partial charge in [-0.1, -0.05) is 42.5 Å². The molecular weight excluding hydrogens is 211 g/mol. The summed E-state index contributed by atoms with van der Waals surface area (Å²) >= 11 is 0. The van der Waals surface area contributed by atoms with Gasteiger partial charge in [-0.05, 0) is 23.3 Å². The van der Waals surface area contributed by atoms with Crippen molar-refractivity contribution >= 4 is 14.5 Å². The van der Waals surface area contributed by atoms with Gasteiger partial charge in [0, 0.05) is 9.24 Å². The van der Waals surface area contributed by atoms with Crippen LogP contribution in [0.3, 0.4) is 0 Å². The quantitative estimate of drug-likeness (QED) is 0.576. The molecule has 0 heterocycles. The van der Waals surface area contributed by atoms with Crippen LogP contribution in [0.5, 0.6) is 0 Å². The molecule has 0 nitrogen and oxygen atoms in total. The van der Waals surface area contributed by atoms with Gasteiger partial charge in [0.25, 0.3) is 0 Å². The second-order valence-electron chi connectivity index (χ2n) is 3.06. The minimum Gasteiger partial charge on any atom is -1.00 e. The van der Waals surface area contributed by atoms with Crippen molar-refractivity contribution in [3.05, 3.63) is 54.6 Å². The summed E-state index contributed by atoms with van der Waals surface area (Å²) in [6.07, 6.45) is 0. The molecule has 0 radical (unpaired) electrons. The third-order valence-corrected chi connectivity index (χ3v) is 2.53. The van der Waals surface area contributed by atoms with E-state index < -0.39 is 0 Å². The molecule has 2 rings (SSSR count). The van der Waals surface area contributed by atoms with E-state index >= 15 is 0 Å². The third kappa shape index (κ3) is 2.57. The third-order valence-electron chi connectivity index (χ3n) is 2.06. The molecule has 2 heteroatoms. The van der Waals surface area contributed by atoms with Crippen molar-refractivity contribution in [2.24, 2.45) is 0 Å². The molecule has 0 bridgehead atoms. The molecule has 0 amide bonds. The summed E-state index contributed by atoms with van der Waals surface area (Å²) in [7, 11) is 1.91. The van der Waals surface area contributed by atoms with Crippen LogP contribution < -0.4 is 17.7 Å². The van der Waals surface area contributed by atoms with Gasteiger partial charge in [-0.3, -0.25) is 0 Å². The maximum Gasteiger partial charge on any atom is 0.0865 e. The van der Waals surface area contributed by atoms with Gasteiger partial charge in [0.1, 0.15) is 0 Å². The Morgan fingerprint density at radius 1 is 0.643 bits per heavy atom. The number of benzene rings is 2. The Morgan fingerprint density at radius 2 is 1.14 bits per heavy atom. The summed E-state index contributed by atoms with van der Waals surface area (Å²) in [5.74, 6) is 0. The van der Waals surface area contributed by atoms with E-state index in [-0.39, 0.29) is 12.4 Å². The molecule has 0 spiro atoms. The SMILES string of the molecule is [Cl-].[PH3+]c1ccc(-c2ccccc2)cc1. The molecule has 0 fully saturated rings. The van der Waals surface area contributed by atoms with Gasteiger partial charge >= 0.3 is 0 Å². The Hall–Kier alpha value is -0.840. The average Bonchev–Trinajstić information content (AvgIpc) is 2.20. The van der Waals surface area contributed by atoms with Crippen LogP contribution in [0.25, 0.3) is 11.1 Å². The van der Waals surface area contributed by atoms with Crippen LogP contribution in [-0.4, -0.2) is 0 Å². The minimum absolute atomic E-state index is 0. The molecule has 2 aromatic carbocycles. The van der Waals surface area contributed by atoms with E-state index in [1.165, 1.54) is 16.4 Å². The van der Waals surface area contributed by atoms with Crippen molar-refractivity contribution in [1.29, 1.82) is 0 Å². The molecule has 72 valence electrons. The maximum absolute atomic E-state index is 2.16. The summed E-state index contributed by atoms with van der Waals surface area (Å²) in [6.45, 7) is 0. The van der Waals surface area contributed by atoms with Crippen molar-refractivity contribution in [2.75, 3.05) is 0 Å². The number of hydrogen-bond acceptors (Lipinski definition) is 0. The lowest BCUT2D eigenvalue weighted by molar-refractivity contribution is -0.00000240. The van der Waals surface area contributed by atoms with Crippen LogP contribution in [-0.2, 0) is 0 Å². The summed E-state index contributed by atoms with van der Waals surface area (Å²) in [5.41, 5.74) is 2.57. The summed E-state index contributed by atoms with van der Waals surface area (Å²) in [4.78, 5) is 0. The van der Waals surface area contributed by atoms with Crippen LogP contribution in [0.4, 0.5) is 0 Å². The number of rotatable bonds is 1. The summed E-state index contributed by atoms with van der Waals surface area (Å²) in [6, 6.07) is 19.1. The van der Waals surface area contributed by atoms with Crippen LogP contribution in [0, 0.1) is 0 Å². The highest BCUT2D eigenvalue weighted by atomic mass is 35.5. The second-order valence-corrected chi connectivity index (χ2v) is 3.88. The van der Waals surface area contributed by atoms with Crippen molar-refractivity contribution in [1.82, 2.24) is 0 Å². The molecule has 1 atom stereocenters. The van der Waals surface area contributed by atoms with Crippen LogP contribution in [0.2, 0.25) is 0 Å². The first-order valence-electron chi connectivity index (χ1n) is 4.34. The van der Waals surface area contributed by atoms with Crippen molar-refractivity contribution in [3.63, 3.8) is 0 Å². The molecule has 14 heavy (non-hydrogen) atoms. The first-order chi connectivity index (χ1) is 6.36. The van der Waals surface area contributed by atoms with Gasteiger partial charge in [-0.25, -0.2) is 0 Å². The largest absolute Gasteiger partial charge is 1.00 e. The molecule has 1 unspecified atom stereocenters. The molecule has 0 aliphatic heterocycles. The molecule has 0 saturated heterocycles. The zero-order valence-corrected chi connectivity index (χ0v) is 9.95. The molecule has 0 aliphatic rings. The zero-order chi connectivity index (χ0) is 9.10. The van der Waals surface area contributed by atoms with Crippen LogP contribution in [0.15, 0.2) is 54.6 Å². The fraction of sp³-hybridized carbons (Fsp3) is 0. The topological polar surface area (TPSA) is 0 Å². The Kier molecular flexibility index (Phi) is 4.13. The molecule has 0 aromatic heterocycles. The van der Waals surface area contributed by atoms with Gasteiger partial charge in [0.05, 0.1) is 5.30 Å². The number of halogens is 1. The van der Waals surface area contributed by atoms with E-state index in [2.05, 4.69) is 48.5 Å². The fourth-order valence-corrected chi connectivity index (χ4v) is 1.56. The molecule has 0 N–H and O–H groups in total. The first kappa shape index (κ1) is 11.2. The summed E-state index contributed by atoms with van der Waals surface area (Å²) < 4.78 is 0. The van der Waals surface area contributed by atoms with Gasteiger partial charge in [0.15, 0.2) is 0 Å². The average molecular weight is 223 g/mol. The maximum atomic E-state index is 2.16. The Morgan fingerprint density at radius 3 is 1.71 bits per heavy atom. The number of hydrogen-bond donors (Lipinski definition) is 0. The van der Waals surface area contributed by atoms with E-state index in [4.69, 9.17) is 0 Å². The predicted octanol–water partition coefficient (Wildman–Crippen LogP) is -0.410. The second kappa shape index (κ2) is 5.14. The highest BCUT2D eigenvalue weighted by Crippen LogP contribution is 2.17. The molecule has 0 saturated carbocycles. The van der Waals surface area contributed by atoms with E-state index in [9.17, 15) is 0 Å².